The average Bonchev–Trinajstić information content (AvgIpc) is 1.90. The third-order valence-electron chi connectivity index (χ3n) is 1.43. The van der Waals surface area contributed by atoms with Gasteiger partial charge in [-0.2, -0.15) is 0 Å². The normalized spacial score (nSPS) is 24.0. The summed E-state index contributed by atoms with van der Waals surface area (Å²) in [5, 5.41) is 0. The van der Waals surface area contributed by atoms with E-state index < -0.39 is 20.1 Å². The molecule has 3 heteroatoms. The molecule has 2 nitrogen and oxygen atoms in total. The molecule has 0 spiro atoms. The summed E-state index contributed by atoms with van der Waals surface area (Å²) in [7, 11) is 0. The minimum atomic E-state index is -0.651. The number of morpholine rings is 1. The van der Waals surface area contributed by atoms with Crippen LogP contribution in [-0.4, -0.2) is 39.3 Å². The van der Waals surface area contributed by atoms with Crippen molar-refractivity contribution >= 4 is 20.1 Å². The van der Waals surface area contributed by atoms with Crippen LogP contribution in [0.2, 0.25) is 0 Å². The molecule has 0 radical (unpaired) electrons. The van der Waals surface area contributed by atoms with E-state index in [1.54, 1.807) is 0 Å². The minimum absolute atomic E-state index is 0.651. The number of rotatable bonds is 1. The first-order valence-electron chi connectivity index (χ1n) is 3.13. The Kier molecular flexibility index (Phi) is 3.21. The van der Waals surface area contributed by atoms with Crippen molar-refractivity contribution in [3.8, 4) is 0 Å². The van der Waals surface area contributed by atoms with Crippen molar-refractivity contribution < 1.29 is 4.74 Å². The van der Waals surface area contributed by atoms with Gasteiger partial charge in [-0.15, -0.1) is 0 Å². The molecular weight excluding hydrogens is 229 g/mol. The van der Waals surface area contributed by atoms with Gasteiger partial charge >= 0.3 is 64.1 Å². The van der Waals surface area contributed by atoms with E-state index in [1.807, 2.05) is 0 Å². The Labute approximate surface area is 64.3 Å². The molecular formula is C6H14INO. The van der Waals surface area contributed by atoms with E-state index in [2.05, 4.69) is 13.0 Å². The molecule has 0 aromatic heterocycles. The van der Waals surface area contributed by atoms with Gasteiger partial charge in [0, 0.05) is 0 Å². The molecule has 1 saturated heterocycles. The third-order valence-corrected chi connectivity index (χ3v) is 5.13. The number of alkyl halides is 2. The maximum atomic E-state index is 5.23. The Bertz CT molecular complexity index is 81.1. The summed E-state index contributed by atoms with van der Waals surface area (Å²) in [6.45, 7) is 4.26. The quantitative estimate of drug-likeness (QED) is 0.387. The fourth-order valence-corrected chi connectivity index (χ4v) is 3.20. The number of hydrogen-bond acceptors (Lipinski definition) is 2. The second kappa shape index (κ2) is 3.73. The molecule has 0 atom stereocenters. The summed E-state index contributed by atoms with van der Waals surface area (Å²) in [5.74, 6) is 0. The summed E-state index contributed by atoms with van der Waals surface area (Å²) in [6, 6.07) is 0. The van der Waals surface area contributed by atoms with Gasteiger partial charge in [-0.25, -0.2) is 0 Å². The number of ether oxygens (including phenoxy) is 1. The zero-order valence-corrected chi connectivity index (χ0v) is 8.22. The van der Waals surface area contributed by atoms with Gasteiger partial charge in [0.1, 0.15) is 0 Å². The van der Waals surface area contributed by atoms with E-state index >= 15 is 0 Å². The van der Waals surface area contributed by atoms with Crippen LogP contribution in [-0.2, 0) is 4.74 Å². The van der Waals surface area contributed by atoms with Crippen LogP contribution in [0.15, 0.2) is 0 Å². The average molecular weight is 243 g/mol. The molecule has 0 unspecified atom stereocenters. The molecule has 1 rings (SSSR count). The van der Waals surface area contributed by atoms with Gasteiger partial charge < -0.3 is 0 Å². The Morgan fingerprint density at radius 1 is 1.22 bits per heavy atom. The zero-order valence-electron chi connectivity index (χ0n) is 6.06. The van der Waals surface area contributed by atoms with Gasteiger partial charge in [0.05, 0.1) is 0 Å². The van der Waals surface area contributed by atoms with Crippen LogP contribution in [0, 0.1) is 0 Å². The van der Waals surface area contributed by atoms with E-state index in [0.717, 1.165) is 13.2 Å². The monoisotopic (exact) mass is 243 g/mol. The van der Waals surface area contributed by atoms with Crippen molar-refractivity contribution in [2.75, 3.05) is 36.2 Å². The number of hydrogen-bond donors (Lipinski definition) is 0. The first-order valence-corrected chi connectivity index (χ1v) is 8.41. The van der Waals surface area contributed by atoms with E-state index in [1.165, 1.54) is 13.1 Å². The fourth-order valence-electron chi connectivity index (χ4n) is 0.879. The summed E-state index contributed by atoms with van der Waals surface area (Å²) in [5.41, 5.74) is 0. The summed E-state index contributed by atoms with van der Waals surface area (Å²) < 4.78 is 7.82. The van der Waals surface area contributed by atoms with Crippen molar-refractivity contribution in [2.24, 2.45) is 0 Å². The van der Waals surface area contributed by atoms with Crippen LogP contribution in [0.25, 0.3) is 0 Å². The van der Waals surface area contributed by atoms with Crippen LogP contribution < -0.4 is 0 Å². The molecule has 0 aromatic carbocycles. The van der Waals surface area contributed by atoms with Gasteiger partial charge in [-0.3, -0.25) is 0 Å². The van der Waals surface area contributed by atoms with Crippen molar-refractivity contribution in [1.82, 2.24) is 3.11 Å². The molecule has 0 saturated carbocycles. The summed E-state index contributed by atoms with van der Waals surface area (Å²) in [4.78, 5) is 4.77. The van der Waals surface area contributed by atoms with Crippen LogP contribution in [0.3, 0.4) is 0 Å². The number of halogens is 1. The van der Waals surface area contributed by atoms with Crippen molar-refractivity contribution in [3.05, 3.63) is 0 Å². The van der Waals surface area contributed by atoms with E-state index in [0.29, 0.717) is 0 Å². The molecule has 0 amide bonds. The van der Waals surface area contributed by atoms with Gasteiger partial charge in [-0.1, -0.05) is 0 Å². The first kappa shape index (κ1) is 7.75. The van der Waals surface area contributed by atoms with E-state index in [4.69, 9.17) is 4.74 Å². The topological polar surface area (TPSA) is 12.5 Å². The Morgan fingerprint density at radius 2 is 1.78 bits per heavy atom. The first-order chi connectivity index (χ1) is 4.30. The molecule has 1 heterocycles. The number of nitrogens with zero attached hydrogens (tertiary/aromatic N) is 1. The second-order valence-corrected chi connectivity index (χ2v) is 7.69. The Hall–Kier alpha value is 0.650. The van der Waals surface area contributed by atoms with Gasteiger partial charge in [0.2, 0.25) is 0 Å². The van der Waals surface area contributed by atoms with Crippen LogP contribution in [0.4, 0.5) is 0 Å². The molecule has 1 fully saturated rings. The standard InChI is InChI=1S/C6H14INO/c1-7(2)8-3-5-9-6-4-8/h3-6H2,1-2H3. The van der Waals surface area contributed by atoms with Crippen molar-refractivity contribution in [2.45, 2.75) is 0 Å². The Balaban J connectivity index is 2.23. The summed E-state index contributed by atoms with van der Waals surface area (Å²) >= 11 is -0.651. The molecule has 0 aliphatic carbocycles. The SMILES string of the molecule is CI(C)N1CCOCC1. The molecule has 0 aromatic rings. The fraction of sp³-hybridized carbons (Fsp3) is 1.00. The van der Waals surface area contributed by atoms with Crippen LogP contribution in [0.1, 0.15) is 0 Å². The van der Waals surface area contributed by atoms with E-state index in [9.17, 15) is 0 Å². The molecule has 56 valence electrons. The zero-order chi connectivity index (χ0) is 6.69. The maximum absolute atomic E-state index is 5.23. The molecule has 1 aliphatic heterocycles. The van der Waals surface area contributed by atoms with Crippen molar-refractivity contribution in [3.63, 3.8) is 0 Å². The predicted octanol–water partition coefficient (Wildman–Crippen LogP) is 1.000. The molecule has 1 aliphatic rings. The van der Waals surface area contributed by atoms with Crippen molar-refractivity contribution in [1.29, 1.82) is 0 Å². The van der Waals surface area contributed by atoms with Gasteiger partial charge in [-0.05, 0) is 0 Å². The predicted molar refractivity (Wildman–Crippen MR) is 48.3 cm³/mol. The molecule has 0 bridgehead atoms. The Morgan fingerprint density at radius 3 is 2.11 bits per heavy atom. The van der Waals surface area contributed by atoms with Crippen LogP contribution in [0.5, 0.6) is 0 Å². The van der Waals surface area contributed by atoms with Crippen LogP contribution >= 0.6 is 20.1 Å². The van der Waals surface area contributed by atoms with Gasteiger partial charge in [0.25, 0.3) is 0 Å². The molecule has 0 N–H and O–H groups in total. The van der Waals surface area contributed by atoms with Gasteiger partial charge in [0.15, 0.2) is 0 Å². The molecule has 9 heavy (non-hydrogen) atoms. The van der Waals surface area contributed by atoms with E-state index in [-0.39, 0.29) is 0 Å². The second-order valence-electron chi connectivity index (χ2n) is 2.24. The third kappa shape index (κ3) is 2.39. The summed E-state index contributed by atoms with van der Waals surface area (Å²) in [6.07, 6.45) is 0.